The Morgan fingerprint density at radius 1 is 1.71 bits per heavy atom. The molecule has 0 radical (unpaired) electrons. The number of aliphatic hydroxyl groups is 2. The smallest absolute Gasteiger partial charge is 0.220 e. The maximum Gasteiger partial charge on any atom is 0.220 e. The molecule has 0 spiro atoms. The molecule has 2 unspecified atom stereocenters. The Morgan fingerprint density at radius 3 is 2.79 bits per heavy atom. The zero-order valence-corrected chi connectivity index (χ0v) is 8.49. The number of aromatic nitrogens is 1. The molecule has 5 nitrogen and oxygen atoms in total. The van der Waals surface area contributed by atoms with Crippen molar-refractivity contribution in [3.05, 3.63) is 16.1 Å². The van der Waals surface area contributed by atoms with Gasteiger partial charge in [-0.05, 0) is 6.92 Å². The van der Waals surface area contributed by atoms with Crippen LogP contribution >= 0.6 is 11.3 Å². The highest BCUT2D eigenvalue weighted by Crippen LogP contribution is 2.23. The summed E-state index contributed by atoms with van der Waals surface area (Å²) in [6.07, 6.45) is -0.987. The first-order valence-electron chi connectivity index (χ1n) is 4.07. The van der Waals surface area contributed by atoms with Crippen molar-refractivity contribution in [3.63, 3.8) is 0 Å². The molecule has 1 rings (SSSR count). The van der Waals surface area contributed by atoms with Crippen molar-refractivity contribution >= 4 is 17.2 Å². The Morgan fingerprint density at radius 2 is 2.36 bits per heavy atom. The summed E-state index contributed by atoms with van der Waals surface area (Å²) in [6.45, 7) is 1.84. The Bertz CT molecular complexity index is 326. The number of nitrogens with two attached hydrogens (primary N) is 1. The minimum absolute atomic E-state index is 0.264. The number of hydrogen-bond donors (Lipinski definition) is 3. The highest BCUT2D eigenvalue weighted by Gasteiger charge is 2.22. The lowest BCUT2D eigenvalue weighted by atomic mass is 10.1. The van der Waals surface area contributed by atoms with Gasteiger partial charge >= 0.3 is 0 Å². The number of thiazole rings is 1. The number of primary amides is 1. The van der Waals surface area contributed by atoms with Gasteiger partial charge in [-0.1, -0.05) is 0 Å². The maximum absolute atomic E-state index is 10.5. The van der Waals surface area contributed by atoms with Crippen molar-refractivity contribution in [3.8, 4) is 0 Å². The van der Waals surface area contributed by atoms with Crippen molar-refractivity contribution in [2.75, 3.05) is 0 Å². The van der Waals surface area contributed by atoms with Gasteiger partial charge in [0.1, 0.15) is 11.1 Å². The molecule has 1 amide bonds. The van der Waals surface area contributed by atoms with E-state index < -0.39 is 18.1 Å². The minimum Gasteiger partial charge on any atom is -0.389 e. The van der Waals surface area contributed by atoms with Crippen LogP contribution in [0.4, 0.5) is 0 Å². The second-order valence-electron chi connectivity index (χ2n) is 2.99. The molecule has 0 fully saturated rings. The van der Waals surface area contributed by atoms with E-state index in [2.05, 4.69) is 4.98 Å². The number of aliphatic hydroxyl groups excluding tert-OH is 2. The zero-order valence-electron chi connectivity index (χ0n) is 7.67. The Labute approximate surface area is 85.2 Å². The van der Waals surface area contributed by atoms with Crippen LogP contribution in [0.2, 0.25) is 0 Å². The SMILES string of the molecule is Cc1cnc(C(O)C(O)CC(N)=O)s1. The second kappa shape index (κ2) is 4.50. The Balaban J connectivity index is 2.65. The first kappa shape index (κ1) is 11.1. The molecule has 0 saturated carbocycles. The normalized spacial score (nSPS) is 15.1. The summed E-state index contributed by atoms with van der Waals surface area (Å²) >= 11 is 1.28. The average molecular weight is 216 g/mol. The summed E-state index contributed by atoms with van der Waals surface area (Å²) in [5, 5.41) is 19.3. The van der Waals surface area contributed by atoms with Crippen LogP contribution in [0.3, 0.4) is 0 Å². The van der Waals surface area contributed by atoms with Crippen LogP contribution in [0, 0.1) is 6.92 Å². The molecule has 6 heteroatoms. The van der Waals surface area contributed by atoms with Gasteiger partial charge in [0.2, 0.25) is 5.91 Å². The number of hydrogen-bond acceptors (Lipinski definition) is 5. The number of carbonyl (C=O) groups is 1. The summed E-state index contributed by atoms with van der Waals surface area (Å²) in [5.74, 6) is -0.648. The molecule has 1 aromatic heterocycles. The molecule has 0 aliphatic heterocycles. The third kappa shape index (κ3) is 2.76. The van der Waals surface area contributed by atoms with E-state index in [1.54, 1.807) is 6.20 Å². The Hall–Kier alpha value is -0.980. The first-order valence-corrected chi connectivity index (χ1v) is 4.89. The fourth-order valence-electron chi connectivity index (χ4n) is 0.991. The molecule has 2 atom stereocenters. The molecular weight excluding hydrogens is 204 g/mol. The molecular formula is C8H12N2O3S. The molecule has 0 aromatic carbocycles. The molecule has 0 aliphatic rings. The van der Waals surface area contributed by atoms with E-state index in [1.807, 2.05) is 6.92 Å². The molecule has 14 heavy (non-hydrogen) atoms. The number of aryl methyl sites for hydroxylation is 1. The van der Waals surface area contributed by atoms with Crippen LogP contribution in [0.25, 0.3) is 0 Å². The lowest BCUT2D eigenvalue weighted by Crippen LogP contribution is -2.25. The summed E-state index contributed by atoms with van der Waals surface area (Å²) in [7, 11) is 0. The van der Waals surface area contributed by atoms with Crippen LogP contribution in [-0.2, 0) is 4.79 Å². The van der Waals surface area contributed by atoms with Gasteiger partial charge in [-0.2, -0.15) is 0 Å². The zero-order chi connectivity index (χ0) is 10.7. The summed E-state index contributed by atoms with van der Waals surface area (Å²) < 4.78 is 0. The molecule has 0 aliphatic carbocycles. The van der Waals surface area contributed by atoms with Crippen molar-refractivity contribution in [2.45, 2.75) is 25.6 Å². The van der Waals surface area contributed by atoms with E-state index in [1.165, 1.54) is 11.3 Å². The second-order valence-corrected chi connectivity index (χ2v) is 4.26. The van der Waals surface area contributed by atoms with Gasteiger partial charge in [0, 0.05) is 11.1 Å². The maximum atomic E-state index is 10.5. The fourth-order valence-corrected chi connectivity index (χ4v) is 1.81. The van der Waals surface area contributed by atoms with Gasteiger partial charge < -0.3 is 15.9 Å². The predicted octanol–water partition coefficient (Wildman–Crippen LogP) is -0.279. The summed E-state index contributed by atoms with van der Waals surface area (Å²) in [6, 6.07) is 0. The first-order chi connectivity index (χ1) is 6.50. The quantitative estimate of drug-likeness (QED) is 0.645. The highest BCUT2D eigenvalue weighted by atomic mass is 32.1. The third-order valence-corrected chi connectivity index (χ3v) is 2.65. The topological polar surface area (TPSA) is 96.4 Å². The lowest BCUT2D eigenvalue weighted by molar-refractivity contribution is -0.121. The van der Waals surface area contributed by atoms with Crippen molar-refractivity contribution in [2.24, 2.45) is 5.73 Å². The van der Waals surface area contributed by atoms with Gasteiger partial charge in [0.05, 0.1) is 12.5 Å². The molecule has 78 valence electrons. The minimum atomic E-state index is -1.18. The molecule has 1 heterocycles. The summed E-state index contributed by atoms with van der Waals surface area (Å²) in [4.78, 5) is 15.3. The summed E-state index contributed by atoms with van der Waals surface area (Å²) in [5.41, 5.74) is 4.89. The van der Waals surface area contributed by atoms with E-state index in [0.29, 0.717) is 5.01 Å². The average Bonchev–Trinajstić information content (AvgIpc) is 2.49. The number of amides is 1. The van der Waals surface area contributed by atoms with Crippen molar-refractivity contribution < 1.29 is 15.0 Å². The lowest BCUT2D eigenvalue weighted by Gasteiger charge is -2.13. The monoisotopic (exact) mass is 216 g/mol. The standard InChI is InChI=1S/C8H12N2O3S/c1-4-3-10-8(14-4)7(13)5(11)2-6(9)12/h3,5,7,11,13H,2H2,1H3,(H2,9,12). The number of nitrogens with zero attached hydrogens (tertiary/aromatic N) is 1. The van der Waals surface area contributed by atoms with Crippen LogP contribution in [0.15, 0.2) is 6.20 Å². The van der Waals surface area contributed by atoms with Gasteiger partial charge in [-0.25, -0.2) is 4.98 Å². The Kier molecular flexibility index (Phi) is 3.56. The van der Waals surface area contributed by atoms with E-state index in [4.69, 9.17) is 5.73 Å². The third-order valence-electron chi connectivity index (χ3n) is 1.67. The van der Waals surface area contributed by atoms with Crippen LogP contribution in [0.1, 0.15) is 22.4 Å². The molecule has 0 saturated heterocycles. The molecule has 4 N–H and O–H groups in total. The van der Waals surface area contributed by atoms with Crippen LogP contribution < -0.4 is 5.73 Å². The van der Waals surface area contributed by atoms with E-state index in [-0.39, 0.29) is 6.42 Å². The molecule has 0 bridgehead atoms. The van der Waals surface area contributed by atoms with Gasteiger partial charge in [-0.3, -0.25) is 4.79 Å². The highest BCUT2D eigenvalue weighted by molar-refractivity contribution is 7.11. The van der Waals surface area contributed by atoms with E-state index in [0.717, 1.165) is 4.88 Å². The fraction of sp³-hybridized carbons (Fsp3) is 0.500. The van der Waals surface area contributed by atoms with Gasteiger partial charge in [0.15, 0.2) is 0 Å². The van der Waals surface area contributed by atoms with Gasteiger partial charge in [0.25, 0.3) is 0 Å². The largest absolute Gasteiger partial charge is 0.389 e. The predicted molar refractivity (Wildman–Crippen MR) is 51.6 cm³/mol. The molecule has 1 aromatic rings. The van der Waals surface area contributed by atoms with Crippen LogP contribution in [-0.4, -0.2) is 27.2 Å². The van der Waals surface area contributed by atoms with E-state index in [9.17, 15) is 15.0 Å². The van der Waals surface area contributed by atoms with Crippen molar-refractivity contribution in [1.82, 2.24) is 4.98 Å². The number of carbonyl (C=O) groups excluding carboxylic acids is 1. The van der Waals surface area contributed by atoms with E-state index >= 15 is 0 Å². The van der Waals surface area contributed by atoms with Crippen LogP contribution in [0.5, 0.6) is 0 Å². The van der Waals surface area contributed by atoms with Gasteiger partial charge in [-0.15, -0.1) is 11.3 Å². The van der Waals surface area contributed by atoms with Crippen molar-refractivity contribution in [1.29, 1.82) is 0 Å². The number of rotatable bonds is 4.